The fourth-order valence-electron chi connectivity index (χ4n) is 1.55. The van der Waals surface area contributed by atoms with Gasteiger partial charge in [0.1, 0.15) is 0 Å². The van der Waals surface area contributed by atoms with Gasteiger partial charge in [-0.05, 0) is 30.2 Å². The van der Waals surface area contributed by atoms with E-state index in [-0.39, 0.29) is 10.8 Å². The first-order valence-corrected chi connectivity index (χ1v) is 8.49. The number of anilines is 1. The maximum absolute atomic E-state index is 11.5. The summed E-state index contributed by atoms with van der Waals surface area (Å²) in [5, 5.41) is 5.93. The highest BCUT2D eigenvalue weighted by atomic mass is 32.2. The van der Waals surface area contributed by atoms with Crippen molar-refractivity contribution in [3.8, 4) is 0 Å². The highest BCUT2D eigenvalue weighted by Gasteiger charge is 2.06. The van der Waals surface area contributed by atoms with Crippen LogP contribution in [0.4, 0.5) is 5.69 Å². The van der Waals surface area contributed by atoms with Crippen LogP contribution in [0.25, 0.3) is 0 Å². The van der Waals surface area contributed by atoms with Gasteiger partial charge in [-0.1, -0.05) is 13.8 Å². The maximum atomic E-state index is 11.5. The van der Waals surface area contributed by atoms with Gasteiger partial charge >= 0.3 is 0 Å². The van der Waals surface area contributed by atoms with Gasteiger partial charge in [-0.25, -0.2) is 8.42 Å². The van der Waals surface area contributed by atoms with Gasteiger partial charge < -0.3 is 10.6 Å². The van der Waals surface area contributed by atoms with Crippen molar-refractivity contribution in [1.29, 1.82) is 0 Å². The van der Waals surface area contributed by atoms with Crippen molar-refractivity contribution in [1.82, 2.24) is 5.32 Å². The molecule has 1 aromatic rings. The number of hydrogen-bond acceptors (Lipinski definition) is 4. The first-order valence-electron chi connectivity index (χ1n) is 6.59. The molecule has 2 N–H and O–H groups in total. The summed E-state index contributed by atoms with van der Waals surface area (Å²) in [5.41, 5.74) is 0.800. The lowest BCUT2D eigenvalue weighted by Crippen LogP contribution is -2.28. The lowest BCUT2D eigenvalue weighted by atomic mass is 10.2. The van der Waals surface area contributed by atoms with Gasteiger partial charge in [0.2, 0.25) is 5.91 Å². The molecule has 0 saturated carbocycles. The van der Waals surface area contributed by atoms with E-state index in [1.54, 1.807) is 24.3 Å². The molecule has 5 nitrogen and oxygen atoms in total. The van der Waals surface area contributed by atoms with Crippen LogP contribution in [0.3, 0.4) is 0 Å². The van der Waals surface area contributed by atoms with Crippen molar-refractivity contribution < 1.29 is 13.2 Å². The van der Waals surface area contributed by atoms with Crippen molar-refractivity contribution in [2.75, 3.05) is 24.7 Å². The Labute approximate surface area is 120 Å². The van der Waals surface area contributed by atoms with Crippen molar-refractivity contribution in [2.45, 2.75) is 25.2 Å². The molecule has 0 atom stereocenters. The van der Waals surface area contributed by atoms with Crippen LogP contribution < -0.4 is 10.6 Å². The molecule has 0 saturated heterocycles. The predicted octanol–water partition coefficient (Wildman–Crippen LogP) is 1.66. The molecule has 0 unspecified atom stereocenters. The molecule has 0 aliphatic rings. The first-order chi connectivity index (χ1) is 9.29. The average molecular weight is 298 g/mol. The van der Waals surface area contributed by atoms with Crippen LogP contribution in [0.2, 0.25) is 0 Å². The summed E-state index contributed by atoms with van der Waals surface area (Å²) < 4.78 is 22.6. The fraction of sp³-hybridized carbons (Fsp3) is 0.500. The van der Waals surface area contributed by atoms with Crippen molar-refractivity contribution in [3.05, 3.63) is 24.3 Å². The van der Waals surface area contributed by atoms with Gasteiger partial charge in [0.25, 0.3) is 0 Å². The van der Waals surface area contributed by atoms with Crippen LogP contribution in [-0.4, -0.2) is 33.7 Å². The highest BCUT2D eigenvalue weighted by Crippen LogP contribution is 2.13. The summed E-state index contributed by atoms with van der Waals surface area (Å²) in [4.78, 5) is 11.8. The van der Waals surface area contributed by atoms with E-state index < -0.39 is 9.84 Å². The molecule has 112 valence electrons. The van der Waals surface area contributed by atoms with Gasteiger partial charge in [-0.3, -0.25) is 4.79 Å². The predicted molar refractivity (Wildman–Crippen MR) is 80.5 cm³/mol. The number of benzene rings is 1. The standard InChI is InChI=1S/C14H22N2O3S/c1-11(2)10-16-14(17)8-9-15-12-4-6-13(7-5-12)20(3,18)19/h4-7,11,15H,8-10H2,1-3H3,(H,16,17). The summed E-state index contributed by atoms with van der Waals surface area (Å²) in [5.74, 6) is 0.453. The molecule has 0 aromatic heterocycles. The Morgan fingerprint density at radius 3 is 2.30 bits per heavy atom. The van der Waals surface area contributed by atoms with Crippen LogP contribution >= 0.6 is 0 Å². The quantitative estimate of drug-likeness (QED) is 0.803. The Morgan fingerprint density at radius 1 is 1.20 bits per heavy atom. The number of sulfone groups is 1. The summed E-state index contributed by atoms with van der Waals surface area (Å²) in [7, 11) is -3.16. The lowest BCUT2D eigenvalue weighted by molar-refractivity contribution is -0.120. The fourth-order valence-corrected chi connectivity index (χ4v) is 2.18. The third-order valence-electron chi connectivity index (χ3n) is 2.67. The van der Waals surface area contributed by atoms with Gasteiger partial charge in [0.05, 0.1) is 4.90 Å². The molecule has 0 bridgehead atoms. The van der Waals surface area contributed by atoms with Crippen molar-refractivity contribution in [2.24, 2.45) is 5.92 Å². The Hall–Kier alpha value is -1.56. The molecule has 0 spiro atoms. The summed E-state index contributed by atoms with van der Waals surface area (Å²) in [6.45, 7) is 5.29. The normalized spacial score (nSPS) is 11.4. The number of carbonyl (C=O) groups is 1. The third kappa shape index (κ3) is 6.06. The van der Waals surface area contributed by atoms with Crippen molar-refractivity contribution >= 4 is 21.4 Å². The first kappa shape index (κ1) is 16.5. The maximum Gasteiger partial charge on any atom is 0.221 e. The van der Waals surface area contributed by atoms with Crippen molar-refractivity contribution in [3.63, 3.8) is 0 Å². The topological polar surface area (TPSA) is 75.3 Å². The van der Waals surface area contributed by atoms with E-state index >= 15 is 0 Å². The Balaban J connectivity index is 2.38. The summed E-state index contributed by atoms with van der Waals surface area (Å²) >= 11 is 0. The molecular weight excluding hydrogens is 276 g/mol. The van der Waals surface area contributed by atoms with E-state index in [0.717, 1.165) is 5.69 Å². The molecule has 1 aromatic carbocycles. The van der Waals surface area contributed by atoms with Crippen LogP contribution in [0.15, 0.2) is 29.2 Å². The molecule has 0 fully saturated rings. The molecule has 20 heavy (non-hydrogen) atoms. The minimum absolute atomic E-state index is 0.0129. The van der Waals surface area contributed by atoms with E-state index in [0.29, 0.717) is 25.4 Å². The molecule has 6 heteroatoms. The minimum Gasteiger partial charge on any atom is -0.385 e. The molecule has 0 radical (unpaired) electrons. The van der Waals surface area contributed by atoms with Crippen LogP contribution in [0.1, 0.15) is 20.3 Å². The van der Waals surface area contributed by atoms with E-state index in [1.165, 1.54) is 6.26 Å². The Bertz CT molecular complexity index is 536. The molecule has 1 amide bonds. The molecular formula is C14H22N2O3S. The number of carbonyl (C=O) groups excluding carboxylic acids is 1. The largest absolute Gasteiger partial charge is 0.385 e. The van der Waals surface area contributed by atoms with Crippen LogP contribution in [-0.2, 0) is 14.6 Å². The number of nitrogens with one attached hydrogen (secondary N) is 2. The van der Waals surface area contributed by atoms with Gasteiger partial charge in [0, 0.05) is 31.5 Å². The summed E-state index contributed by atoms with van der Waals surface area (Å²) in [6, 6.07) is 6.50. The zero-order valence-electron chi connectivity index (χ0n) is 12.1. The second kappa shape index (κ2) is 7.28. The monoisotopic (exact) mass is 298 g/mol. The van der Waals surface area contributed by atoms with Gasteiger partial charge in [-0.15, -0.1) is 0 Å². The zero-order chi connectivity index (χ0) is 15.2. The third-order valence-corrected chi connectivity index (χ3v) is 3.80. The Morgan fingerprint density at radius 2 is 1.80 bits per heavy atom. The van der Waals surface area contributed by atoms with Crippen LogP contribution in [0, 0.1) is 5.92 Å². The number of rotatable bonds is 7. The SMILES string of the molecule is CC(C)CNC(=O)CCNc1ccc(S(C)(=O)=O)cc1. The van der Waals surface area contributed by atoms with E-state index in [4.69, 9.17) is 0 Å². The van der Waals surface area contributed by atoms with E-state index in [9.17, 15) is 13.2 Å². The number of amides is 1. The number of hydrogen-bond donors (Lipinski definition) is 2. The lowest BCUT2D eigenvalue weighted by Gasteiger charge is -2.09. The minimum atomic E-state index is -3.16. The van der Waals surface area contributed by atoms with E-state index in [2.05, 4.69) is 10.6 Å². The smallest absolute Gasteiger partial charge is 0.221 e. The Kier molecular flexibility index (Phi) is 6.01. The second-order valence-electron chi connectivity index (χ2n) is 5.17. The van der Waals surface area contributed by atoms with Gasteiger partial charge in [0.15, 0.2) is 9.84 Å². The molecule has 1 rings (SSSR count). The summed E-state index contributed by atoms with van der Waals surface area (Å²) in [6.07, 6.45) is 1.56. The highest BCUT2D eigenvalue weighted by molar-refractivity contribution is 7.90. The average Bonchev–Trinajstić information content (AvgIpc) is 2.36. The molecule has 0 aliphatic carbocycles. The van der Waals surface area contributed by atoms with Gasteiger partial charge in [-0.2, -0.15) is 0 Å². The zero-order valence-corrected chi connectivity index (χ0v) is 13.0. The molecule has 0 heterocycles. The molecule has 0 aliphatic heterocycles. The van der Waals surface area contributed by atoms with E-state index in [1.807, 2.05) is 13.8 Å². The van der Waals surface area contributed by atoms with Crippen LogP contribution in [0.5, 0.6) is 0 Å². The second-order valence-corrected chi connectivity index (χ2v) is 7.19.